The SMILES string of the molecule is NC(=O)CC[C@H](C(=O)O)N1C(=O)c2c(Cl)c(Cl)c(Cl)c(Cl)c2C1=O. The molecule has 0 bridgehead atoms. The molecule has 2 rings (SSSR count). The second-order valence-corrected chi connectivity index (χ2v) is 6.36. The molecule has 0 spiro atoms. The standard InChI is InChI=1S/C13H8Cl4N2O5/c14-7-5-6(8(15)10(17)9(7)16)12(22)19(11(5)21)3(13(23)24)1-2-4(18)20/h3H,1-2H2,(H2,18,20)(H,23,24)/t3-/m1/s1. The van der Waals surface area contributed by atoms with Crippen molar-refractivity contribution in [3.63, 3.8) is 0 Å². The van der Waals surface area contributed by atoms with Gasteiger partial charge in [0, 0.05) is 6.42 Å². The minimum absolute atomic E-state index is 0.228. The van der Waals surface area contributed by atoms with Crippen LogP contribution in [0, 0.1) is 0 Å². The Balaban J connectivity index is 2.57. The fourth-order valence-electron chi connectivity index (χ4n) is 2.29. The molecule has 3 amide bonds. The molecule has 24 heavy (non-hydrogen) atoms. The number of nitrogens with two attached hydrogens (primary N) is 1. The van der Waals surface area contributed by atoms with E-state index in [4.69, 9.17) is 52.1 Å². The van der Waals surface area contributed by atoms with Crippen molar-refractivity contribution >= 4 is 70.1 Å². The Morgan fingerprint density at radius 1 is 0.958 bits per heavy atom. The predicted molar refractivity (Wildman–Crippen MR) is 86.8 cm³/mol. The van der Waals surface area contributed by atoms with Crippen molar-refractivity contribution in [2.75, 3.05) is 0 Å². The molecule has 3 N–H and O–H groups in total. The number of hydrogen-bond donors (Lipinski definition) is 2. The lowest BCUT2D eigenvalue weighted by atomic mass is 10.1. The molecule has 1 aromatic carbocycles. The number of amides is 3. The Morgan fingerprint density at radius 2 is 1.38 bits per heavy atom. The van der Waals surface area contributed by atoms with Gasteiger partial charge in [-0.05, 0) is 6.42 Å². The van der Waals surface area contributed by atoms with E-state index in [9.17, 15) is 24.3 Å². The molecule has 1 heterocycles. The third kappa shape index (κ3) is 2.93. The summed E-state index contributed by atoms with van der Waals surface area (Å²) in [4.78, 5) is 47.8. The summed E-state index contributed by atoms with van der Waals surface area (Å²) in [6.45, 7) is 0. The van der Waals surface area contributed by atoms with E-state index in [0.717, 1.165) is 0 Å². The third-order valence-electron chi connectivity index (χ3n) is 3.39. The summed E-state index contributed by atoms with van der Waals surface area (Å²) in [6, 6.07) is -1.62. The summed E-state index contributed by atoms with van der Waals surface area (Å²) in [7, 11) is 0. The summed E-state index contributed by atoms with van der Waals surface area (Å²) in [5, 5.41) is 8.23. The van der Waals surface area contributed by atoms with Gasteiger partial charge in [-0.1, -0.05) is 46.4 Å². The van der Waals surface area contributed by atoms with Crippen molar-refractivity contribution in [1.82, 2.24) is 4.90 Å². The second-order valence-electron chi connectivity index (χ2n) is 4.85. The predicted octanol–water partition coefficient (Wildman–Crippen LogP) is 2.61. The van der Waals surface area contributed by atoms with Crippen LogP contribution in [0.25, 0.3) is 0 Å². The third-order valence-corrected chi connectivity index (χ3v) is 5.20. The Kier molecular flexibility index (Phi) is 5.29. The van der Waals surface area contributed by atoms with Crippen molar-refractivity contribution in [1.29, 1.82) is 0 Å². The minimum atomic E-state index is -1.62. The van der Waals surface area contributed by atoms with Gasteiger partial charge in [-0.2, -0.15) is 0 Å². The number of rotatable bonds is 5. The van der Waals surface area contributed by atoms with E-state index >= 15 is 0 Å². The fraction of sp³-hybridized carbons (Fsp3) is 0.231. The lowest BCUT2D eigenvalue weighted by Crippen LogP contribution is -2.45. The number of carboxylic acid groups (broad SMARTS) is 1. The highest BCUT2D eigenvalue weighted by atomic mass is 35.5. The first-order valence-corrected chi connectivity index (χ1v) is 7.85. The van der Waals surface area contributed by atoms with Gasteiger partial charge in [0.25, 0.3) is 11.8 Å². The van der Waals surface area contributed by atoms with Crippen LogP contribution in [0.1, 0.15) is 33.6 Å². The minimum Gasteiger partial charge on any atom is -0.480 e. The van der Waals surface area contributed by atoms with E-state index < -0.39 is 29.7 Å². The molecule has 1 aliphatic rings. The van der Waals surface area contributed by atoms with Crippen LogP contribution in [-0.2, 0) is 9.59 Å². The van der Waals surface area contributed by atoms with Crippen LogP contribution in [-0.4, -0.2) is 39.7 Å². The number of carboxylic acids is 1. The number of benzene rings is 1. The maximum atomic E-state index is 12.5. The smallest absolute Gasteiger partial charge is 0.326 e. The van der Waals surface area contributed by atoms with E-state index in [2.05, 4.69) is 0 Å². The lowest BCUT2D eigenvalue weighted by Gasteiger charge is -2.22. The zero-order chi connectivity index (χ0) is 18.3. The van der Waals surface area contributed by atoms with E-state index in [1.54, 1.807) is 0 Å². The number of fused-ring (bicyclic) bond motifs is 1. The molecule has 1 aliphatic heterocycles. The quantitative estimate of drug-likeness (QED) is 0.437. The highest BCUT2D eigenvalue weighted by Crippen LogP contribution is 2.45. The summed E-state index contributed by atoms with van der Waals surface area (Å²) in [5.41, 5.74) is 4.33. The van der Waals surface area contributed by atoms with Gasteiger partial charge in [0.1, 0.15) is 6.04 Å². The fourth-order valence-corrected chi connectivity index (χ4v) is 3.31. The molecule has 0 radical (unpaired) electrons. The molecule has 1 atom stereocenters. The Hall–Kier alpha value is -1.54. The summed E-state index contributed by atoms with van der Waals surface area (Å²) in [5.74, 6) is -4.25. The zero-order valence-electron chi connectivity index (χ0n) is 11.6. The Labute approximate surface area is 155 Å². The average Bonchev–Trinajstić information content (AvgIpc) is 2.75. The van der Waals surface area contributed by atoms with Crippen LogP contribution < -0.4 is 5.73 Å². The van der Waals surface area contributed by atoms with Crippen molar-refractivity contribution in [3.8, 4) is 0 Å². The number of hydrogen-bond acceptors (Lipinski definition) is 4. The van der Waals surface area contributed by atoms with E-state index in [1.165, 1.54) is 0 Å². The Morgan fingerprint density at radius 3 is 1.71 bits per heavy atom. The number of carbonyl (C=O) groups is 4. The van der Waals surface area contributed by atoms with Gasteiger partial charge < -0.3 is 10.8 Å². The average molecular weight is 414 g/mol. The first-order valence-electron chi connectivity index (χ1n) is 6.34. The molecule has 0 fully saturated rings. The van der Waals surface area contributed by atoms with Gasteiger partial charge in [-0.3, -0.25) is 19.3 Å². The molecule has 128 valence electrons. The number of imide groups is 1. The summed E-state index contributed by atoms with van der Waals surface area (Å²) in [6.07, 6.45) is -0.694. The van der Waals surface area contributed by atoms with Crippen LogP contribution in [0.5, 0.6) is 0 Å². The maximum absolute atomic E-state index is 12.5. The van der Waals surface area contributed by atoms with Crippen molar-refractivity contribution in [3.05, 3.63) is 31.2 Å². The lowest BCUT2D eigenvalue weighted by molar-refractivity contribution is -0.141. The largest absolute Gasteiger partial charge is 0.480 e. The van der Waals surface area contributed by atoms with Crippen LogP contribution in [0.3, 0.4) is 0 Å². The van der Waals surface area contributed by atoms with E-state index in [0.29, 0.717) is 4.90 Å². The van der Waals surface area contributed by atoms with Crippen LogP contribution in [0.2, 0.25) is 20.1 Å². The van der Waals surface area contributed by atoms with Crippen LogP contribution in [0.15, 0.2) is 0 Å². The van der Waals surface area contributed by atoms with Gasteiger partial charge in [-0.25, -0.2) is 4.79 Å². The molecular formula is C13H8Cl4N2O5. The van der Waals surface area contributed by atoms with Gasteiger partial charge in [0.15, 0.2) is 0 Å². The first-order chi connectivity index (χ1) is 11.1. The van der Waals surface area contributed by atoms with E-state index in [-0.39, 0.29) is 44.1 Å². The van der Waals surface area contributed by atoms with Crippen molar-refractivity contribution < 1.29 is 24.3 Å². The van der Waals surface area contributed by atoms with Crippen LogP contribution >= 0.6 is 46.4 Å². The number of nitrogens with zero attached hydrogens (tertiary/aromatic N) is 1. The molecule has 0 unspecified atom stereocenters. The topological polar surface area (TPSA) is 118 Å². The van der Waals surface area contributed by atoms with Gasteiger partial charge in [0.2, 0.25) is 5.91 Å². The van der Waals surface area contributed by atoms with Gasteiger partial charge in [-0.15, -0.1) is 0 Å². The zero-order valence-corrected chi connectivity index (χ0v) is 14.6. The van der Waals surface area contributed by atoms with Crippen LogP contribution in [0.4, 0.5) is 0 Å². The number of carbonyl (C=O) groups excluding carboxylic acids is 3. The normalized spacial score (nSPS) is 14.8. The molecule has 1 aromatic rings. The number of halogens is 4. The molecular weight excluding hydrogens is 406 g/mol. The molecule has 11 heteroatoms. The second kappa shape index (κ2) is 6.76. The first kappa shape index (κ1) is 18.8. The molecule has 0 aromatic heterocycles. The highest BCUT2D eigenvalue weighted by Gasteiger charge is 2.46. The highest BCUT2D eigenvalue weighted by molar-refractivity contribution is 6.55. The van der Waals surface area contributed by atoms with Crippen molar-refractivity contribution in [2.24, 2.45) is 5.73 Å². The molecule has 0 aliphatic carbocycles. The monoisotopic (exact) mass is 412 g/mol. The Bertz CT molecular complexity index is 748. The maximum Gasteiger partial charge on any atom is 0.326 e. The van der Waals surface area contributed by atoms with E-state index in [1.807, 2.05) is 0 Å². The van der Waals surface area contributed by atoms with Gasteiger partial charge >= 0.3 is 5.97 Å². The number of primary amides is 1. The molecule has 0 saturated heterocycles. The molecule has 0 saturated carbocycles. The van der Waals surface area contributed by atoms with Crippen molar-refractivity contribution in [2.45, 2.75) is 18.9 Å². The van der Waals surface area contributed by atoms with Gasteiger partial charge in [0.05, 0.1) is 31.2 Å². The number of aliphatic carboxylic acids is 1. The molecule has 7 nitrogen and oxygen atoms in total. The summed E-state index contributed by atoms with van der Waals surface area (Å²) >= 11 is 23.6. The summed E-state index contributed by atoms with van der Waals surface area (Å²) < 4.78 is 0.